The minimum absolute atomic E-state index is 0.00682. The number of carbonyl (C=O) groups is 1. The van der Waals surface area contributed by atoms with Crippen molar-refractivity contribution in [1.82, 2.24) is 30.3 Å². The summed E-state index contributed by atoms with van der Waals surface area (Å²) in [6.45, 7) is 5.69. The van der Waals surface area contributed by atoms with Gasteiger partial charge in [-0.25, -0.2) is 24.4 Å². The molecule has 2 atom stereocenters. The minimum Gasteiger partial charge on any atom is -0.495 e. The van der Waals surface area contributed by atoms with Gasteiger partial charge in [-0.15, -0.1) is 0 Å². The number of benzene rings is 1. The number of hydrazine groups is 1. The second kappa shape index (κ2) is 10.4. The first-order chi connectivity index (χ1) is 16.4. The summed E-state index contributed by atoms with van der Waals surface area (Å²) in [5.41, 5.74) is 4.31. The predicted octanol–water partition coefficient (Wildman–Crippen LogP) is 2.42. The zero-order chi connectivity index (χ0) is 24.1. The molecule has 1 aliphatic rings. The summed E-state index contributed by atoms with van der Waals surface area (Å²) in [5, 5.41) is 11.1. The van der Waals surface area contributed by atoms with Gasteiger partial charge in [0.25, 0.3) is 5.91 Å². The fraction of sp³-hybridized carbons (Fsp3) is 0.318. The number of carbonyl (C=O) groups excluding carboxylic acids is 1. The number of anilines is 4. The van der Waals surface area contributed by atoms with Gasteiger partial charge in [-0.1, -0.05) is 0 Å². The molecule has 1 aromatic carbocycles. The van der Waals surface area contributed by atoms with Crippen LogP contribution >= 0.6 is 0 Å². The van der Waals surface area contributed by atoms with Gasteiger partial charge >= 0.3 is 0 Å². The zero-order valence-corrected chi connectivity index (χ0v) is 19.0. The van der Waals surface area contributed by atoms with Crippen molar-refractivity contribution < 1.29 is 13.9 Å². The number of methoxy groups -OCH3 is 1. The molecule has 4 rings (SSSR count). The largest absolute Gasteiger partial charge is 0.495 e. The topological polar surface area (TPSA) is 129 Å². The van der Waals surface area contributed by atoms with Gasteiger partial charge in [0, 0.05) is 43.3 Å². The molecule has 0 radical (unpaired) electrons. The molecule has 0 spiro atoms. The Kier molecular flexibility index (Phi) is 7.09. The van der Waals surface area contributed by atoms with Gasteiger partial charge in [0.15, 0.2) is 11.6 Å². The van der Waals surface area contributed by atoms with Crippen molar-refractivity contribution in [3.63, 3.8) is 0 Å². The Bertz CT molecular complexity index is 1140. The smallest absolute Gasteiger partial charge is 0.258 e. The Labute approximate surface area is 196 Å². The summed E-state index contributed by atoms with van der Waals surface area (Å²) in [4.78, 5) is 28.6. The first kappa shape index (κ1) is 23.3. The van der Waals surface area contributed by atoms with Crippen LogP contribution in [-0.4, -0.2) is 63.1 Å². The summed E-state index contributed by atoms with van der Waals surface area (Å²) in [6.07, 6.45) is 5.25. The van der Waals surface area contributed by atoms with Crippen molar-refractivity contribution >= 4 is 29.0 Å². The fourth-order valence-corrected chi connectivity index (χ4v) is 3.70. The summed E-state index contributed by atoms with van der Waals surface area (Å²) >= 11 is 0. The van der Waals surface area contributed by atoms with Crippen LogP contribution in [0.25, 0.3) is 0 Å². The lowest BCUT2D eigenvalue weighted by molar-refractivity contribution is 0.102. The second-order valence-electron chi connectivity index (χ2n) is 8.00. The van der Waals surface area contributed by atoms with Crippen molar-refractivity contribution in [2.45, 2.75) is 25.9 Å². The van der Waals surface area contributed by atoms with Crippen LogP contribution in [-0.2, 0) is 0 Å². The number of nitrogens with one attached hydrogen (secondary N) is 4. The second-order valence-corrected chi connectivity index (χ2v) is 8.00. The maximum absolute atomic E-state index is 14.5. The van der Waals surface area contributed by atoms with Crippen LogP contribution in [0.5, 0.6) is 5.75 Å². The Balaban J connectivity index is 1.51. The van der Waals surface area contributed by atoms with Crippen LogP contribution in [0.3, 0.4) is 0 Å². The van der Waals surface area contributed by atoms with E-state index in [9.17, 15) is 9.18 Å². The Morgan fingerprint density at radius 1 is 1.18 bits per heavy atom. The molecule has 1 aliphatic heterocycles. The number of nitrogens with zero attached hydrogens (tertiary/aromatic N) is 5. The van der Waals surface area contributed by atoms with Gasteiger partial charge in [0.05, 0.1) is 24.6 Å². The highest BCUT2D eigenvalue weighted by Crippen LogP contribution is 2.30. The van der Waals surface area contributed by atoms with E-state index in [1.165, 1.54) is 25.8 Å². The molecule has 3 heterocycles. The Hall–Kier alpha value is -3.90. The Morgan fingerprint density at radius 2 is 1.91 bits per heavy atom. The van der Waals surface area contributed by atoms with Crippen LogP contribution in [0.1, 0.15) is 24.2 Å². The SMILES string of the molecule is COc1ccc(Nc2nc(NN3C[C@@H](C)N[C@@H](C)C3)ncc2F)cc1NC(=O)c1cncnc1. The number of amides is 1. The van der Waals surface area contributed by atoms with Crippen LogP contribution in [0.2, 0.25) is 0 Å². The molecule has 34 heavy (non-hydrogen) atoms. The number of hydrogen-bond donors (Lipinski definition) is 4. The van der Waals surface area contributed by atoms with E-state index in [2.05, 4.69) is 55.2 Å². The number of halogens is 1. The normalized spacial score (nSPS) is 18.2. The zero-order valence-electron chi connectivity index (χ0n) is 19.0. The van der Waals surface area contributed by atoms with Crippen molar-refractivity contribution in [1.29, 1.82) is 0 Å². The van der Waals surface area contributed by atoms with Gasteiger partial charge in [-0.05, 0) is 32.0 Å². The van der Waals surface area contributed by atoms with E-state index in [0.29, 0.717) is 29.2 Å². The molecule has 1 fully saturated rings. The first-order valence-corrected chi connectivity index (χ1v) is 10.7. The average Bonchev–Trinajstić information content (AvgIpc) is 2.81. The van der Waals surface area contributed by atoms with Crippen molar-refractivity contribution in [3.8, 4) is 5.75 Å². The van der Waals surface area contributed by atoms with E-state index in [1.54, 1.807) is 18.2 Å². The number of piperazine rings is 1. The van der Waals surface area contributed by atoms with Gasteiger partial charge < -0.3 is 20.7 Å². The monoisotopic (exact) mass is 467 g/mol. The Morgan fingerprint density at radius 3 is 2.62 bits per heavy atom. The van der Waals surface area contributed by atoms with Gasteiger partial charge in [0.1, 0.15) is 12.1 Å². The van der Waals surface area contributed by atoms with E-state index >= 15 is 0 Å². The molecule has 0 aliphatic carbocycles. The maximum Gasteiger partial charge on any atom is 0.258 e. The van der Waals surface area contributed by atoms with Crippen molar-refractivity contribution in [2.75, 3.05) is 36.3 Å². The molecule has 0 saturated carbocycles. The molecule has 2 aromatic heterocycles. The van der Waals surface area contributed by atoms with E-state index in [0.717, 1.165) is 19.3 Å². The average molecular weight is 468 g/mol. The first-order valence-electron chi connectivity index (χ1n) is 10.7. The van der Waals surface area contributed by atoms with Crippen LogP contribution in [0, 0.1) is 5.82 Å². The van der Waals surface area contributed by atoms with Gasteiger partial charge in [-0.3, -0.25) is 10.2 Å². The number of aromatic nitrogens is 4. The summed E-state index contributed by atoms with van der Waals surface area (Å²) in [5.74, 6) is -0.321. The van der Waals surface area contributed by atoms with Crippen LogP contribution < -0.4 is 26.1 Å². The lowest BCUT2D eigenvalue weighted by Gasteiger charge is -2.35. The number of rotatable bonds is 7. The van der Waals surface area contributed by atoms with E-state index in [1.807, 2.05) is 5.01 Å². The molecule has 178 valence electrons. The molecule has 3 aromatic rings. The molecular weight excluding hydrogens is 441 g/mol. The highest BCUT2D eigenvalue weighted by molar-refractivity contribution is 6.04. The van der Waals surface area contributed by atoms with Crippen LogP contribution in [0.15, 0.2) is 43.1 Å². The molecule has 1 saturated heterocycles. The molecule has 12 heteroatoms. The lowest BCUT2D eigenvalue weighted by Crippen LogP contribution is -2.55. The maximum atomic E-state index is 14.5. The molecule has 0 bridgehead atoms. The molecular formula is C22H26FN9O2. The number of hydrogen-bond acceptors (Lipinski definition) is 10. The minimum atomic E-state index is -0.615. The third-order valence-corrected chi connectivity index (χ3v) is 5.09. The molecule has 1 amide bonds. The third-order valence-electron chi connectivity index (χ3n) is 5.09. The number of ether oxygens (including phenoxy) is 1. The third kappa shape index (κ3) is 5.71. The van der Waals surface area contributed by atoms with Crippen LogP contribution in [0.4, 0.5) is 27.5 Å². The fourth-order valence-electron chi connectivity index (χ4n) is 3.70. The lowest BCUT2D eigenvalue weighted by atomic mass is 10.2. The quantitative estimate of drug-likeness (QED) is 0.411. The molecule has 0 unspecified atom stereocenters. The van der Waals surface area contributed by atoms with E-state index in [-0.39, 0.29) is 17.3 Å². The van der Waals surface area contributed by atoms with E-state index in [4.69, 9.17) is 4.74 Å². The summed E-state index contributed by atoms with van der Waals surface area (Å²) in [6, 6.07) is 5.55. The predicted molar refractivity (Wildman–Crippen MR) is 126 cm³/mol. The van der Waals surface area contributed by atoms with Gasteiger partial charge in [-0.2, -0.15) is 4.98 Å². The molecule has 11 nitrogen and oxygen atoms in total. The molecule has 4 N–H and O–H groups in total. The summed E-state index contributed by atoms with van der Waals surface area (Å²) < 4.78 is 19.8. The highest BCUT2D eigenvalue weighted by Gasteiger charge is 2.22. The summed E-state index contributed by atoms with van der Waals surface area (Å²) in [7, 11) is 1.49. The highest BCUT2D eigenvalue weighted by atomic mass is 19.1. The van der Waals surface area contributed by atoms with E-state index < -0.39 is 11.7 Å². The standard InChI is InChI=1S/C22H26FN9O2/c1-13-10-32(11-14(2)27-13)31-22-26-9-17(23)20(30-22)28-16-4-5-19(34-3)18(6-16)29-21(33)15-7-24-12-25-8-15/h4-9,12-14,27H,10-11H2,1-3H3,(H,29,33)(H2,26,28,30,31)/t13-,14+. The van der Waals surface area contributed by atoms with Gasteiger partial charge in [0.2, 0.25) is 5.95 Å². The van der Waals surface area contributed by atoms with Crippen molar-refractivity contribution in [2.24, 2.45) is 0 Å². The van der Waals surface area contributed by atoms with Crippen molar-refractivity contribution in [3.05, 3.63) is 54.5 Å².